The molecule has 1 N–H and O–H groups in total. The van der Waals surface area contributed by atoms with Crippen molar-refractivity contribution in [3.8, 4) is 11.5 Å². The van der Waals surface area contributed by atoms with Gasteiger partial charge >= 0.3 is 0 Å². The van der Waals surface area contributed by atoms with Crippen molar-refractivity contribution in [2.45, 2.75) is 0 Å². The third kappa shape index (κ3) is 4.64. The van der Waals surface area contributed by atoms with Crippen molar-refractivity contribution in [1.82, 2.24) is 0 Å². The van der Waals surface area contributed by atoms with Crippen LogP contribution in [0.5, 0.6) is 11.5 Å². The summed E-state index contributed by atoms with van der Waals surface area (Å²) in [5.41, 5.74) is 2.18. The molecule has 0 aliphatic heterocycles. The Balaban J connectivity index is 1.97. The first-order valence-electron chi connectivity index (χ1n) is 8.43. The van der Waals surface area contributed by atoms with E-state index in [4.69, 9.17) is 4.74 Å². The first-order valence-corrected chi connectivity index (χ1v) is 9.50. The number of phenols is 1. The van der Waals surface area contributed by atoms with E-state index in [1.807, 2.05) is 71.1 Å². The lowest BCUT2D eigenvalue weighted by atomic mass is 10.0. The molecule has 140 valence electrons. The zero-order valence-corrected chi connectivity index (χ0v) is 17.2. The van der Waals surface area contributed by atoms with E-state index in [0.29, 0.717) is 26.0 Å². The van der Waals surface area contributed by atoms with Crippen molar-refractivity contribution in [3.05, 3.63) is 93.1 Å². The predicted octanol–water partition coefficient (Wildman–Crippen LogP) is 4.71. The highest BCUT2D eigenvalue weighted by molar-refractivity contribution is 14.1. The molecule has 5 nitrogen and oxygen atoms in total. The zero-order chi connectivity index (χ0) is 19.9. The van der Waals surface area contributed by atoms with Gasteiger partial charge in [0, 0.05) is 11.1 Å². The lowest BCUT2D eigenvalue weighted by Gasteiger charge is -2.06. The number of rotatable bonds is 6. The minimum absolute atomic E-state index is 0.0768. The second-order valence-corrected chi connectivity index (χ2v) is 6.97. The second-order valence-electron chi connectivity index (χ2n) is 5.81. The topological polar surface area (TPSA) is 71.2 Å². The minimum atomic E-state index is -0.207. The van der Waals surface area contributed by atoms with Gasteiger partial charge < -0.3 is 9.84 Å². The highest BCUT2D eigenvalue weighted by Crippen LogP contribution is 2.31. The van der Waals surface area contributed by atoms with Crippen LogP contribution in [0.3, 0.4) is 0 Å². The number of methoxy groups -OCH3 is 1. The molecular weight excluding hydrogens is 467 g/mol. The standard InChI is InChI=1S/C22H17IN2O3/c1-28-19-13-15(12-18(23)22(19)27)14-24-25-20(16-8-4-2-5-9-16)21(26)17-10-6-3-7-11-17/h2-14,27H,1H3/b24-14+,25-20-. The van der Waals surface area contributed by atoms with E-state index >= 15 is 0 Å². The number of aromatic hydroxyl groups is 1. The molecule has 3 aromatic carbocycles. The number of Topliss-reactive ketones (excluding diaryl/α,β-unsaturated/α-hetero) is 1. The molecule has 0 saturated carbocycles. The van der Waals surface area contributed by atoms with Gasteiger partial charge in [0.25, 0.3) is 0 Å². The smallest absolute Gasteiger partial charge is 0.213 e. The summed E-state index contributed by atoms with van der Waals surface area (Å²) in [5.74, 6) is 0.218. The molecule has 0 radical (unpaired) electrons. The Morgan fingerprint density at radius 3 is 2.21 bits per heavy atom. The van der Waals surface area contributed by atoms with Gasteiger partial charge in [-0.1, -0.05) is 60.7 Å². The number of halogens is 1. The number of hydrogen-bond acceptors (Lipinski definition) is 5. The van der Waals surface area contributed by atoms with Crippen molar-refractivity contribution in [1.29, 1.82) is 0 Å². The molecule has 6 heteroatoms. The molecule has 0 aliphatic carbocycles. The summed E-state index contributed by atoms with van der Waals surface area (Å²) in [5, 5.41) is 18.3. The van der Waals surface area contributed by atoms with E-state index in [-0.39, 0.29) is 17.2 Å². The summed E-state index contributed by atoms with van der Waals surface area (Å²) in [6.45, 7) is 0. The van der Waals surface area contributed by atoms with Crippen molar-refractivity contribution < 1.29 is 14.6 Å². The van der Waals surface area contributed by atoms with Gasteiger partial charge in [0.1, 0.15) is 5.71 Å². The molecule has 0 saturated heterocycles. The lowest BCUT2D eigenvalue weighted by molar-refractivity contribution is 0.106. The molecule has 0 spiro atoms. The van der Waals surface area contributed by atoms with E-state index in [0.717, 1.165) is 0 Å². The third-order valence-electron chi connectivity index (χ3n) is 3.93. The fourth-order valence-corrected chi connectivity index (χ4v) is 3.16. The Hall–Kier alpha value is -3.00. The van der Waals surface area contributed by atoms with Gasteiger partial charge in [-0.3, -0.25) is 4.79 Å². The predicted molar refractivity (Wildman–Crippen MR) is 119 cm³/mol. The average molecular weight is 484 g/mol. The molecular formula is C22H17IN2O3. The van der Waals surface area contributed by atoms with E-state index in [2.05, 4.69) is 10.2 Å². The number of ether oxygens (including phenoxy) is 1. The van der Waals surface area contributed by atoms with Crippen molar-refractivity contribution in [2.24, 2.45) is 10.2 Å². The Kier molecular flexibility index (Phi) is 6.54. The van der Waals surface area contributed by atoms with Crippen molar-refractivity contribution >= 4 is 40.3 Å². The molecule has 0 aromatic heterocycles. The van der Waals surface area contributed by atoms with Gasteiger partial charge in [0.15, 0.2) is 11.5 Å². The third-order valence-corrected chi connectivity index (χ3v) is 4.76. The summed E-state index contributed by atoms with van der Waals surface area (Å²) in [4.78, 5) is 12.9. The fraction of sp³-hybridized carbons (Fsp3) is 0.0455. The number of benzene rings is 3. The summed E-state index contributed by atoms with van der Waals surface area (Å²) in [6.07, 6.45) is 1.52. The quantitative estimate of drug-likeness (QED) is 0.239. The summed E-state index contributed by atoms with van der Waals surface area (Å²) in [6, 6.07) is 21.6. The molecule has 0 fully saturated rings. The maximum absolute atomic E-state index is 12.9. The number of hydrogen-bond donors (Lipinski definition) is 1. The van der Waals surface area contributed by atoms with Crippen LogP contribution < -0.4 is 4.74 Å². The van der Waals surface area contributed by atoms with Crippen molar-refractivity contribution in [3.63, 3.8) is 0 Å². The highest BCUT2D eigenvalue weighted by Gasteiger charge is 2.16. The van der Waals surface area contributed by atoms with Crippen LogP contribution in [0, 0.1) is 3.57 Å². The normalized spacial score (nSPS) is 11.6. The Morgan fingerprint density at radius 1 is 1.00 bits per heavy atom. The largest absolute Gasteiger partial charge is 0.504 e. The summed E-state index contributed by atoms with van der Waals surface area (Å²) in [7, 11) is 1.48. The van der Waals surface area contributed by atoms with E-state index in [1.165, 1.54) is 13.3 Å². The van der Waals surface area contributed by atoms with Crippen LogP contribution in [0.25, 0.3) is 0 Å². The molecule has 0 bridgehead atoms. The molecule has 0 unspecified atom stereocenters. The molecule has 28 heavy (non-hydrogen) atoms. The van der Waals surface area contributed by atoms with Gasteiger partial charge in [-0.25, -0.2) is 0 Å². The van der Waals surface area contributed by atoms with Crippen LogP contribution in [-0.2, 0) is 0 Å². The van der Waals surface area contributed by atoms with Crippen molar-refractivity contribution in [2.75, 3.05) is 7.11 Å². The first-order chi connectivity index (χ1) is 13.6. The lowest BCUT2D eigenvalue weighted by Crippen LogP contribution is -2.15. The van der Waals surface area contributed by atoms with Gasteiger partial charge in [-0.2, -0.15) is 5.10 Å². The highest BCUT2D eigenvalue weighted by atomic mass is 127. The van der Waals surface area contributed by atoms with Crippen LogP contribution in [0.4, 0.5) is 0 Å². The Morgan fingerprint density at radius 2 is 1.61 bits per heavy atom. The van der Waals surface area contributed by atoms with Gasteiger partial charge in [0.05, 0.1) is 16.9 Å². The van der Waals surface area contributed by atoms with E-state index in [9.17, 15) is 9.90 Å². The Labute approximate surface area is 176 Å². The fourth-order valence-electron chi connectivity index (χ4n) is 2.53. The van der Waals surface area contributed by atoms with Gasteiger partial charge in [0.2, 0.25) is 5.78 Å². The van der Waals surface area contributed by atoms with Crippen LogP contribution >= 0.6 is 22.6 Å². The summed E-state index contributed by atoms with van der Waals surface area (Å²) < 4.78 is 5.78. The molecule has 3 rings (SSSR count). The Bertz CT molecular complexity index is 1030. The zero-order valence-electron chi connectivity index (χ0n) is 15.0. The maximum Gasteiger partial charge on any atom is 0.213 e. The average Bonchev–Trinajstić information content (AvgIpc) is 2.74. The molecule has 0 heterocycles. The molecule has 3 aromatic rings. The molecule has 0 atom stereocenters. The molecule has 0 amide bonds. The number of phenolic OH excluding ortho intramolecular Hbond substituents is 1. The molecule has 0 aliphatic rings. The number of nitrogens with zero attached hydrogens (tertiary/aromatic N) is 2. The van der Waals surface area contributed by atoms with Gasteiger partial charge in [-0.15, -0.1) is 5.10 Å². The van der Waals surface area contributed by atoms with Crippen LogP contribution in [0.2, 0.25) is 0 Å². The second kappa shape index (κ2) is 9.27. The first kappa shape index (κ1) is 19.8. The van der Waals surface area contributed by atoms with E-state index in [1.54, 1.807) is 24.3 Å². The SMILES string of the molecule is COc1cc(/C=N/N=C(\C(=O)c2ccccc2)c2ccccc2)cc(I)c1O. The summed E-state index contributed by atoms with van der Waals surface area (Å²) >= 11 is 2.01. The van der Waals surface area contributed by atoms with Crippen LogP contribution in [0.15, 0.2) is 83.0 Å². The van der Waals surface area contributed by atoms with Crippen LogP contribution in [0.1, 0.15) is 21.5 Å². The minimum Gasteiger partial charge on any atom is -0.504 e. The number of ketones is 1. The number of carbonyl (C=O) groups excluding carboxylic acids is 1. The van der Waals surface area contributed by atoms with E-state index < -0.39 is 0 Å². The van der Waals surface area contributed by atoms with Gasteiger partial charge in [-0.05, 0) is 40.3 Å². The maximum atomic E-state index is 12.9. The monoisotopic (exact) mass is 484 g/mol. The van der Waals surface area contributed by atoms with Crippen LogP contribution in [-0.4, -0.2) is 29.9 Å². The number of carbonyl (C=O) groups is 1.